The van der Waals surface area contributed by atoms with Gasteiger partial charge in [-0.15, -0.1) is 11.8 Å². The van der Waals surface area contributed by atoms with Gasteiger partial charge in [0.05, 0.1) is 5.75 Å². The average molecular weight is 295 g/mol. The van der Waals surface area contributed by atoms with Crippen molar-refractivity contribution < 1.29 is 9.18 Å². The molecule has 19 heavy (non-hydrogen) atoms. The van der Waals surface area contributed by atoms with Crippen LogP contribution in [0.15, 0.2) is 53.4 Å². The van der Waals surface area contributed by atoms with Crippen LogP contribution in [0, 0.1) is 5.82 Å². The molecule has 2 aromatic carbocycles. The van der Waals surface area contributed by atoms with E-state index >= 15 is 0 Å². The Kier molecular flexibility index (Phi) is 5.00. The smallest absolute Gasteiger partial charge is 0.147 e. The second-order valence-corrected chi connectivity index (χ2v) is 5.51. The Morgan fingerprint density at radius 1 is 1.16 bits per heavy atom. The molecule has 2 rings (SSSR count). The molecule has 0 spiro atoms. The fourth-order valence-electron chi connectivity index (χ4n) is 1.63. The van der Waals surface area contributed by atoms with Gasteiger partial charge in [-0.05, 0) is 29.8 Å². The molecule has 0 bridgehead atoms. The summed E-state index contributed by atoms with van der Waals surface area (Å²) in [5, 5.41) is 0.603. The summed E-state index contributed by atoms with van der Waals surface area (Å²) >= 11 is 7.33. The molecule has 98 valence electrons. The maximum absolute atomic E-state index is 13.0. The Labute approximate surface area is 120 Å². The second-order valence-electron chi connectivity index (χ2n) is 4.05. The number of ketones is 1. The Bertz CT molecular complexity index is 586. The molecule has 2 aromatic rings. The van der Waals surface area contributed by atoms with Crippen molar-refractivity contribution in [3.05, 3.63) is 64.9 Å². The van der Waals surface area contributed by atoms with Crippen molar-refractivity contribution in [1.29, 1.82) is 0 Å². The van der Waals surface area contributed by atoms with Gasteiger partial charge in [-0.2, -0.15) is 0 Å². The van der Waals surface area contributed by atoms with Gasteiger partial charge in [0.15, 0.2) is 0 Å². The van der Waals surface area contributed by atoms with Crippen LogP contribution in [-0.4, -0.2) is 11.5 Å². The molecule has 1 nitrogen and oxygen atoms in total. The number of hydrogen-bond donors (Lipinski definition) is 0. The fourth-order valence-corrected chi connectivity index (χ4v) is 2.63. The van der Waals surface area contributed by atoms with E-state index in [0.29, 0.717) is 17.2 Å². The highest BCUT2D eigenvalue weighted by atomic mass is 35.5. The third kappa shape index (κ3) is 4.37. The number of benzene rings is 2. The van der Waals surface area contributed by atoms with Gasteiger partial charge >= 0.3 is 0 Å². The van der Waals surface area contributed by atoms with Crippen LogP contribution in [0.25, 0.3) is 0 Å². The lowest BCUT2D eigenvalue weighted by molar-refractivity contribution is -0.116. The quantitative estimate of drug-likeness (QED) is 0.761. The van der Waals surface area contributed by atoms with Gasteiger partial charge in [0.2, 0.25) is 0 Å². The first-order chi connectivity index (χ1) is 9.15. The molecular formula is C15H12ClFOS. The Morgan fingerprint density at radius 3 is 2.68 bits per heavy atom. The summed E-state index contributed by atoms with van der Waals surface area (Å²) in [5.41, 5.74) is 0.828. The van der Waals surface area contributed by atoms with Crippen LogP contribution < -0.4 is 0 Å². The number of rotatable bonds is 5. The van der Waals surface area contributed by atoms with Crippen LogP contribution in [0.3, 0.4) is 0 Å². The van der Waals surface area contributed by atoms with Gasteiger partial charge in [-0.3, -0.25) is 4.79 Å². The topological polar surface area (TPSA) is 17.1 Å². The molecule has 4 heteroatoms. The van der Waals surface area contributed by atoms with Crippen molar-refractivity contribution in [3.8, 4) is 0 Å². The molecule has 0 saturated heterocycles. The monoisotopic (exact) mass is 294 g/mol. The van der Waals surface area contributed by atoms with Crippen molar-refractivity contribution in [2.24, 2.45) is 0 Å². The van der Waals surface area contributed by atoms with Crippen LogP contribution in [-0.2, 0) is 11.2 Å². The number of halogens is 2. The summed E-state index contributed by atoms with van der Waals surface area (Å²) in [6.45, 7) is 0. The van der Waals surface area contributed by atoms with E-state index in [0.717, 1.165) is 10.5 Å². The van der Waals surface area contributed by atoms with E-state index in [1.807, 2.05) is 18.2 Å². The van der Waals surface area contributed by atoms with Crippen molar-refractivity contribution in [2.45, 2.75) is 11.3 Å². The largest absolute Gasteiger partial charge is 0.298 e. The van der Waals surface area contributed by atoms with Gasteiger partial charge < -0.3 is 0 Å². The van der Waals surface area contributed by atoms with Crippen LogP contribution >= 0.6 is 23.4 Å². The summed E-state index contributed by atoms with van der Waals surface area (Å²) < 4.78 is 13.0. The molecule has 0 heterocycles. The molecule has 0 N–H and O–H groups in total. The molecule has 0 amide bonds. The zero-order valence-electron chi connectivity index (χ0n) is 10.1. The lowest BCUT2D eigenvalue weighted by Crippen LogP contribution is -2.06. The van der Waals surface area contributed by atoms with Crippen molar-refractivity contribution in [1.82, 2.24) is 0 Å². The second kappa shape index (κ2) is 6.73. The van der Waals surface area contributed by atoms with E-state index in [-0.39, 0.29) is 11.6 Å². The predicted octanol–water partition coefficient (Wildman–Crippen LogP) is 4.38. The lowest BCUT2D eigenvalue weighted by atomic mass is 10.1. The van der Waals surface area contributed by atoms with E-state index < -0.39 is 0 Å². The first kappa shape index (κ1) is 14.1. The average Bonchev–Trinajstić information content (AvgIpc) is 2.39. The zero-order chi connectivity index (χ0) is 13.7. The van der Waals surface area contributed by atoms with Gasteiger partial charge in [0, 0.05) is 16.3 Å². The van der Waals surface area contributed by atoms with Crippen LogP contribution in [0.2, 0.25) is 5.02 Å². The number of carbonyl (C=O) groups is 1. The summed E-state index contributed by atoms with van der Waals surface area (Å²) in [6, 6.07) is 13.5. The summed E-state index contributed by atoms with van der Waals surface area (Å²) in [4.78, 5) is 12.6. The summed E-state index contributed by atoms with van der Waals surface area (Å²) in [5.74, 6) is 0.0974. The van der Waals surface area contributed by atoms with E-state index in [1.165, 1.54) is 23.9 Å². The molecular weight excluding hydrogens is 283 g/mol. The van der Waals surface area contributed by atoms with Crippen molar-refractivity contribution >= 4 is 29.1 Å². The minimum atomic E-state index is -0.288. The molecule has 0 saturated carbocycles. The number of thioether (sulfide) groups is 1. The van der Waals surface area contributed by atoms with E-state index in [9.17, 15) is 9.18 Å². The Hall–Kier alpha value is -1.32. The SMILES string of the molecule is O=C(CSc1cccc(F)c1)Cc1ccccc1Cl. The number of hydrogen-bond acceptors (Lipinski definition) is 2. The third-order valence-corrected chi connectivity index (χ3v) is 3.96. The first-order valence-electron chi connectivity index (χ1n) is 5.78. The highest BCUT2D eigenvalue weighted by Gasteiger charge is 2.07. The van der Waals surface area contributed by atoms with E-state index in [1.54, 1.807) is 18.2 Å². The molecule has 0 aliphatic carbocycles. The molecule has 0 aromatic heterocycles. The van der Waals surface area contributed by atoms with Gasteiger partial charge in [0.1, 0.15) is 11.6 Å². The number of carbonyl (C=O) groups excluding carboxylic acids is 1. The first-order valence-corrected chi connectivity index (χ1v) is 7.15. The Balaban J connectivity index is 1.90. The van der Waals surface area contributed by atoms with Crippen LogP contribution in [0.1, 0.15) is 5.56 Å². The van der Waals surface area contributed by atoms with Gasteiger partial charge in [-0.25, -0.2) is 4.39 Å². The molecule has 0 atom stereocenters. The molecule has 0 fully saturated rings. The van der Waals surface area contributed by atoms with Crippen molar-refractivity contribution in [2.75, 3.05) is 5.75 Å². The van der Waals surface area contributed by atoms with Crippen LogP contribution in [0.5, 0.6) is 0 Å². The highest BCUT2D eigenvalue weighted by molar-refractivity contribution is 8.00. The van der Waals surface area contributed by atoms with E-state index in [2.05, 4.69) is 0 Å². The van der Waals surface area contributed by atoms with E-state index in [4.69, 9.17) is 11.6 Å². The maximum atomic E-state index is 13.0. The minimum absolute atomic E-state index is 0.0716. The van der Waals surface area contributed by atoms with Crippen molar-refractivity contribution in [3.63, 3.8) is 0 Å². The standard InChI is InChI=1S/C15H12ClFOS/c16-15-7-2-1-4-11(15)8-13(18)10-19-14-6-3-5-12(17)9-14/h1-7,9H,8,10H2. The molecule has 0 aliphatic heterocycles. The summed E-state index contributed by atoms with van der Waals surface area (Å²) in [7, 11) is 0. The van der Waals surface area contributed by atoms with Gasteiger partial charge in [0.25, 0.3) is 0 Å². The summed E-state index contributed by atoms with van der Waals surface area (Å²) in [6.07, 6.45) is 0.308. The normalized spacial score (nSPS) is 10.4. The van der Waals surface area contributed by atoms with Gasteiger partial charge in [-0.1, -0.05) is 35.9 Å². The Morgan fingerprint density at radius 2 is 1.95 bits per heavy atom. The van der Waals surface area contributed by atoms with Crippen LogP contribution in [0.4, 0.5) is 4.39 Å². The maximum Gasteiger partial charge on any atom is 0.147 e. The number of Topliss-reactive ketones (excluding diaryl/α,β-unsaturated/α-hetero) is 1. The third-order valence-electron chi connectivity index (χ3n) is 2.54. The molecule has 0 radical (unpaired) electrons. The molecule has 0 aliphatic rings. The lowest BCUT2D eigenvalue weighted by Gasteiger charge is -2.04. The molecule has 0 unspecified atom stereocenters. The highest BCUT2D eigenvalue weighted by Crippen LogP contribution is 2.20. The predicted molar refractivity (Wildman–Crippen MR) is 77.3 cm³/mol. The fraction of sp³-hybridized carbons (Fsp3) is 0.133. The minimum Gasteiger partial charge on any atom is -0.298 e. The zero-order valence-corrected chi connectivity index (χ0v) is 11.7.